The highest BCUT2D eigenvalue weighted by Crippen LogP contribution is 2.31. The predicted molar refractivity (Wildman–Crippen MR) is 77.7 cm³/mol. The van der Waals surface area contributed by atoms with E-state index in [1.807, 2.05) is 33.0 Å². The number of rotatable bonds is 3. The molecule has 1 aromatic carbocycles. The van der Waals surface area contributed by atoms with Crippen LogP contribution in [0.25, 0.3) is 0 Å². The molecule has 4 nitrogen and oxygen atoms in total. The van der Waals surface area contributed by atoms with Crippen molar-refractivity contribution >= 4 is 5.69 Å². The van der Waals surface area contributed by atoms with Gasteiger partial charge in [0.25, 0.3) is 0 Å². The molecular formula is C15H24N2O2. The van der Waals surface area contributed by atoms with Crippen molar-refractivity contribution in [2.24, 2.45) is 0 Å². The van der Waals surface area contributed by atoms with Crippen LogP contribution in [0.5, 0.6) is 5.75 Å². The van der Waals surface area contributed by atoms with Gasteiger partial charge in [-0.1, -0.05) is 6.07 Å². The molecular weight excluding hydrogens is 240 g/mol. The average Bonchev–Trinajstić information content (AvgIpc) is 2.36. The molecule has 19 heavy (non-hydrogen) atoms. The third-order valence-electron chi connectivity index (χ3n) is 3.95. The van der Waals surface area contributed by atoms with Crippen LogP contribution in [-0.2, 0) is 0 Å². The van der Waals surface area contributed by atoms with Crippen molar-refractivity contribution < 1.29 is 10.2 Å². The van der Waals surface area contributed by atoms with E-state index in [4.69, 9.17) is 0 Å². The summed E-state index contributed by atoms with van der Waals surface area (Å²) in [6.07, 6.45) is 1.81. The third-order valence-corrected chi connectivity index (χ3v) is 3.95. The zero-order valence-electron chi connectivity index (χ0n) is 12.0. The van der Waals surface area contributed by atoms with Crippen molar-refractivity contribution in [3.63, 3.8) is 0 Å². The Morgan fingerprint density at radius 1 is 1.42 bits per heavy atom. The molecule has 106 valence electrons. The Kier molecular flexibility index (Phi) is 4.02. The Morgan fingerprint density at radius 2 is 2.16 bits per heavy atom. The van der Waals surface area contributed by atoms with E-state index in [0.29, 0.717) is 12.3 Å². The Hall–Kier alpha value is -1.26. The van der Waals surface area contributed by atoms with Gasteiger partial charge in [-0.05, 0) is 39.8 Å². The third kappa shape index (κ3) is 3.19. The number of β-amino-alcohol motifs (C(OH)–C–C–N with tert-alkyl or cyclic N) is 1. The number of phenolic OH excluding ortho intramolecular Hbond substituents is 1. The molecule has 0 bridgehead atoms. The van der Waals surface area contributed by atoms with Gasteiger partial charge in [0.05, 0.1) is 5.60 Å². The lowest BCUT2D eigenvalue weighted by Gasteiger charge is -2.38. The van der Waals surface area contributed by atoms with Crippen LogP contribution < -0.4 is 10.2 Å². The van der Waals surface area contributed by atoms with Crippen LogP contribution in [0.1, 0.15) is 38.3 Å². The molecule has 1 saturated heterocycles. The van der Waals surface area contributed by atoms with Crippen LogP contribution in [0.3, 0.4) is 0 Å². The van der Waals surface area contributed by atoms with Crippen molar-refractivity contribution in [1.29, 1.82) is 0 Å². The van der Waals surface area contributed by atoms with Gasteiger partial charge in [-0.25, -0.2) is 0 Å². The van der Waals surface area contributed by atoms with Gasteiger partial charge in [-0.3, -0.25) is 0 Å². The van der Waals surface area contributed by atoms with E-state index in [1.54, 1.807) is 6.07 Å². The maximum absolute atomic E-state index is 10.1. The van der Waals surface area contributed by atoms with Crippen molar-refractivity contribution in [1.82, 2.24) is 5.32 Å². The van der Waals surface area contributed by atoms with Gasteiger partial charge in [0.2, 0.25) is 0 Å². The molecule has 0 saturated carbocycles. The van der Waals surface area contributed by atoms with Crippen LogP contribution in [0, 0.1) is 0 Å². The molecule has 2 atom stereocenters. The minimum atomic E-state index is -0.634. The van der Waals surface area contributed by atoms with Gasteiger partial charge in [0.1, 0.15) is 5.75 Å². The topological polar surface area (TPSA) is 55.7 Å². The monoisotopic (exact) mass is 264 g/mol. The largest absolute Gasteiger partial charge is 0.508 e. The van der Waals surface area contributed by atoms with Gasteiger partial charge >= 0.3 is 0 Å². The lowest BCUT2D eigenvalue weighted by atomic mass is 9.94. The van der Waals surface area contributed by atoms with Crippen LogP contribution in [0.2, 0.25) is 0 Å². The summed E-state index contributed by atoms with van der Waals surface area (Å²) in [5.41, 5.74) is 1.24. The minimum Gasteiger partial charge on any atom is -0.508 e. The fourth-order valence-corrected chi connectivity index (χ4v) is 2.69. The van der Waals surface area contributed by atoms with E-state index in [9.17, 15) is 10.2 Å². The van der Waals surface area contributed by atoms with E-state index in [-0.39, 0.29) is 6.04 Å². The second-order valence-corrected chi connectivity index (χ2v) is 5.78. The molecule has 0 amide bonds. The Morgan fingerprint density at radius 3 is 2.74 bits per heavy atom. The number of nitrogens with one attached hydrogen (secondary N) is 1. The van der Waals surface area contributed by atoms with E-state index >= 15 is 0 Å². The van der Waals surface area contributed by atoms with Crippen molar-refractivity contribution in [2.45, 2.75) is 38.3 Å². The molecule has 1 fully saturated rings. The van der Waals surface area contributed by atoms with Crippen molar-refractivity contribution in [2.75, 3.05) is 25.0 Å². The first kappa shape index (κ1) is 14.2. The first-order chi connectivity index (χ1) is 8.93. The lowest BCUT2D eigenvalue weighted by Crippen LogP contribution is -2.46. The Balaban J connectivity index is 2.20. The molecule has 0 spiro atoms. The summed E-state index contributed by atoms with van der Waals surface area (Å²) in [5, 5.41) is 23.4. The standard InChI is InChI=1S/C15H24N2O2/c1-11(16-3)13-6-5-12(9-14(13)18)17-8-4-7-15(2,19)10-17/h5-6,9,11,16,18-19H,4,7-8,10H2,1-3H3. The number of aromatic hydroxyl groups is 1. The summed E-state index contributed by atoms with van der Waals surface area (Å²) >= 11 is 0. The van der Waals surface area contributed by atoms with Gasteiger partial charge in [0, 0.05) is 36.4 Å². The molecule has 2 unspecified atom stereocenters. The highest BCUT2D eigenvalue weighted by molar-refractivity contribution is 5.54. The maximum Gasteiger partial charge on any atom is 0.122 e. The number of hydrogen-bond acceptors (Lipinski definition) is 4. The normalized spacial score (nSPS) is 25.4. The zero-order chi connectivity index (χ0) is 14.0. The molecule has 0 radical (unpaired) electrons. The second kappa shape index (κ2) is 5.39. The Labute approximate surface area is 115 Å². The second-order valence-electron chi connectivity index (χ2n) is 5.78. The number of hydrogen-bond donors (Lipinski definition) is 3. The first-order valence-corrected chi connectivity index (χ1v) is 6.90. The zero-order valence-corrected chi connectivity index (χ0v) is 12.0. The smallest absolute Gasteiger partial charge is 0.122 e. The van der Waals surface area contributed by atoms with Gasteiger partial charge in [-0.2, -0.15) is 0 Å². The summed E-state index contributed by atoms with van der Waals surface area (Å²) < 4.78 is 0. The predicted octanol–water partition coefficient (Wildman–Crippen LogP) is 2.02. The number of piperidine rings is 1. The van der Waals surface area contributed by atoms with Crippen LogP contribution in [0.15, 0.2) is 18.2 Å². The summed E-state index contributed by atoms with van der Waals surface area (Å²) in [5.74, 6) is 0.310. The molecule has 2 rings (SSSR count). The number of benzene rings is 1. The van der Waals surface area contributed by atoms with Crippen LogP contribution in [-0.4, -0.2) is 36.0 Å². The van der Waals surface area contributed by atoms with E-state index in [1.165, 1.54) is 0 Å². The van der Waals surface area contributed by atoms with Gasteiger partial charge in [0.15, 0.2) is 0 Å². The fourth-order valence-electron chi connectivity index (χ4n) is 2.69. The van der Waals surface area contributed by atoms with Gasteiger partial charge in [-0.15, -0.1) is 0 Å². The average molecular weight is 264 g/mol. The number of nitrogens with zero attached hydrogens (tertiary/aromatic N) is 1. The molecule has 1 aliphatic heterocycles. The molecule has 1 heterocycles. The highest BCUT2D eigenvalue weighted by atomic mass is 16.3. The molecule has 1 aromatic rings. The number of aliphatic hydroxyl groups is 1. The molecule has 0 aromatic heterocycles. The number of phenols is 1. The fraction of sp³-hybridized carbons (Fsp3) is 0.600. The highest BCUT2D eigenvalue weighted by Gasteiger charge is 2.28. The SMILES string of the molecule is CNC(C)c1ccc(N2CCCC(C)(O)C2)cc1O. The minimum absolute atomic E-state index is 0.124. The summed E-state index contributed by atoms with van der Waals surface area (Å²) in [7, 11) is 1.87. The van der Waals surface area contributed by atoms with Crippen LogP contribution >= 0.6 is 0 Å². The van der Waals surface area contributed by atoms with E-state index in [2.05, 4.69) is 10.2 Å². The summed E-state index contributed by atoms with van der Waals surface area (Å²) in [6, 6.07) is 5.89. The first-order valence-electron chi connectivity index (χ1n) is 6.90. The quantitative estimate of drug-likeness (QED) is 0.782. The van der Waals surface area contributed by atoms with E-state index in [0.717, 1.165) is 30.6 Å². The van der Waals surface area contributed by atoms with Crippen molar-refractivity contribution in [3.8, 4) is 5.75 Å². The summed E-state index contributed by atoms with van der Waals surface area (Å²) in [4.78, 5) is 2.14. The Bertz CT molecular complexity index is 446. The molecule has 4 heteroatoms. The van der Waals surface area contributed by atoms with Crippen LogP contribution in [0.4, 0.5) is 5.69 Å². The van der Waals surface area contributed by atoms with E-state index < -0.39 is 5.60 Å². The summed E-state index contributed by atoms with van der Waals surface area (Å²) in [6.45, 7) is 5.43. The lowest BCUT2D eigenvalue weighted by molar-refractivity contribution is 0.0449. The molecule has 0 aliphatic carbocycles. The maximum atomic E-state index is 10.1. The van der Waals surface area contributed by atoms with Gasteiger partial charge < -0.3 is 20.4 Å². The molecule has 3 N–H and O–H groups in total. The molecule has 1 aliphatic rings. The van der Waals surface area contributed by atoms with Crippen molar-refractivity contribution in [3.05, 3.63) is 23.8 Å². The number of anilines is 1.